The highest BCUT2D eigenvalue weighted by atomic mass is 16.3. The van der Waals surface area contributed by atoms with Gasteiger partial charge in [0.1, 0.15) is 0 Å². The number of nitrogens with zero attached hydrogens (tertiary/aromatic N) is 2. The molecule has 1 heterocycles. The van der Waals surface area contributed by atoms with Crippen LogP contribution in [0.3, 0.4) is 0 Å². The molecule has 0 saturated heterocycles. The second kappa shape index (κ2) is 6.34. The third-order valence-electron chi connectivity index (χ3n) is 3.82. The topological polar surface area (TPSA) is 58.3 Å². The molecule has 0 aromatic carbocycles. The molecule has 0 saturated carbocycles. The molecule has 0 spiro atoms. The molecule has 0 fully saturated rings. The molecule has 1 atom stereocenters. The van der Waals surface area contributed by atoms with Crippen molar-refractivity contribution in [3.8, 4) is 0 Å². The van der Waals surface area contributed by atoms with Crippen molar-refractivity contribution in [1.29, 1.82) is 0 Å². The molecular formula is C14H26N2O2. The average Bonchev–Trinajstić information content (AvgIpc) is 2.79. The van der Waals surface area contributed by atoms with E-state index in [-0.39, 0.29) is 0 Å². The number of aliphatic hydroxyl groups is 2. The monoisotopic (exact) mass is 254 g/mol. The standard InChI is InChI=1S/C14H26N2O2/c1-5-11-9-12(16(8-4)15-11)10-13(17)14(18,6-2)7-3/h9,13,17-18H,5-8,10H2,1-4H3. The van der Waals surface area contributed by atoms with Crippen molar-refractivity contribution in [2.24, 2.45) is 0 Å². The molecule has 0 bridgehead atoms. The molecule has 0 aliphatic carbocycles. The van der Waals surface area contributed by atoms with Crippen molar-refractivity contribution in [3.05, 3.63) is 17.5 Å². The highest BCUT2D eigenvalue weighted by molar-refractivity contribution is 5.12. The summed E-state index contributed by atoms with van der Waals surface area (Å²) in [5.41, 5.74) is 1.05. The molecule has 2 N–H and O–H groups in total. The van der Waals surface area contributed by atoms with Crippen LogP contribution in [0.2, 0.25) is 0 Å². The molecule has 4 heteroatoms. The van der Waals surface area contributed by atoms with E-state index in [4.69, 9.17) is 0 Å². The van der Waals surface area contributed by atoms with Crippen LogP contribution >= 0.6 is 0 Å². The lowest BCUT2D eigenvalue weighted by atomic mass is 9.88. The van der Waals surface area contributed by atoms with Crippen LogP contribution in [0.4, 0.5) is 0 Å². The lowest BCUT2D eigenvalue weighted by Gasteiger charge is -2.31. The molecule has 1 aromatic heterocycles. The Morgan fingerprint density at radius 2 is 1.89 bits per heavy atom. The summed E-state index contributed by atoms with van der Waals surface area (Å²) in [6.45, 7) is 8.70. The minimum absolute atomic E-state index is 0.457. The van der Waals surface area contributed by atoms with E-state index < -0.39 is 11.7 Å². The van der Waals surface area contributed by atoms with Crippen molar-refractivity contribution < 1.29 is 10.2 Å². The third kappa shape index (κ3) is 3.12. The van der Waals surface area contributed by atoms with Gasteiger partial charge in [-0.05, 0) is 32.3 Å². The fourth-order valence-corrected chi connectivity index (χ4v) is 2.24. The number of aromatic nitrogens is 2. The van der Waals surface area contributed by atoms with Gasteiger partial charge in [-0.2, -0.15) is 5.10 Å². The Hall–Kier alpha value is -0.870. The Bertz CT molecular complexity index is 370. The molecule has 104 valence electrons. The highest BCUT2D eigenvalue weighted by Gasteiger charge is 2.32. The molecule has 0 radical (unpaired) electrons. The molecule has 1 rings (SSSR count). The van der Waals surface area contributed by atoms with Gasteiger partial charge < -0.3 is 10.2 Å². The van der Waals surface area contributed by atoms with Gasteiger partial charge >= 0.3 is 0 Å². The quantitative estimate of drug-likeness (QED) is 0.781. The zero-order chi connectivity index (χ0) is 13.8. The summed E-state index contributed by atoms with van der Waals surface area (Å²) < 4.78 is 1.91. The van der Waals surface area contributed by atoms with E-state index in [1.54, 1.807) is 0 Å². The summed E-state index contributed by atoms with van der Waals surface area (Å²) in [4.78, 5) is 0. The first-order valence-electron chi connectivity index (χ1n) is 6.96. The minimum Gasteiger partial charge on any atom is -0.390 e. The van der Waals surface area contributed by atoms with Gasteiger partial charge in [0.25, 0.3) is 0 Å². The lowest BCUT2D eigenvalue weighted by Crippen LogP contribution is -2.42. The molecule has 1 unspecified atom stereocenters. The zero-order valence-electron chi connectivity index (χ0n) is 12.0. The van der Waals surface area contributed by atoms with E-state index >= 15 is 0 Å². The van der Waals surface area contributed by atoms with Crippen LogP contribution in [-0.2, 0) is 19.4 Å². The first kappa shape index (κ1) is 15.2. The van der Waals surface area contributed by atoms with Crippen molar-refractivity contribution in [1.82, 2.24) is 9.78 Å². The molecule has 0 amide bonds. The lowest BCUT2D eigenvalue weighted by molar-refractivity contribution is -0.0796. The molecule has 0 aliphatic heterocycles. The first-order chi connectivity index (χ1) is 8.50. The van der Waals surface area contributed by atoms with E-state index in [9.17, 15) is 10.2 Å². The number of hydrogen-bond donors (Lipinski definition) is 2. The van der Waals surface area contributed by atoms with Crippen molar-refractivity contribution in [2.45, 2.75) is 71.6 Å². The molecule has 4 nitrogen and oxygen atoms in total. The van der Waals surface area contributed by atoms with Crippen LogP contribution in [0.25, 0.3) is 0 Å². The summed E-state index contributed by atoms with van der Waals surface area (Å²) in [6.07, 6.45) is 1.73. The average molecular weight is 254 g/mol. The second-order valence-corrected chi connectivity index (χ2v) is 4.83. The minimum atomic E-state index is -0.991. The van der Waals surface area contributed by atoms with Crippen LogP contribution < -0.4 is 0 Å². The maximum absolute atomic E-state index is 10.3. The van der Waals surface area contributed by atoms with Gasteiger partial charge in [-0.1, -0.05) is 20.8 Å². The van der Waals surface area contributed by atoms with Crippen LogP contribution in [0.1, 0.15) is 51.9 Å². The van der Waals surface area contributed by atoms with E-state index in [1.165, 1.54) is 0 Å². The zero-order valence-corrected chi connectivity index (χ0v) is 12.0. The van der Waals surface area contributed by atoms with Gasteiger partial charge in [-0.25, -0.2) is 0 Å². The fourth-order valence-electron chi connectivity index (χ4n) is 2.24. The summed E-state index contributed by atoms with van der Waals surface area (Å²) in [5.74, 6) is 0. The van der Waals surface area contributed by atoms with Crippen LogP contribution in [0.15, 0.2) is 6.07 Å². The Morgan fingerprint density at radius 1 is 1.28 bits per heavy atom. The number of hydrogen-bond acceptors (Lipinski definition) is 3. The Balaban J connectivity index is 2.86. The number of rotatable bonds is 7. The van der Waals surface area contributed by atoms with Gasteiger partial charge in [0.15, 0.2) is 0 Å². The Kier molecular flexibility index (Phi) is 5.35. The summed E-state index contributed by atoms with van der Waals surface area (Å²) in [5, 5.41) is 25.0. The summed E-state index contributed by atoms with van der Waals surface area (Å²) >= 11 is 0. The summed E-state index contributed by atoms with van der Waals surface area (Å²) in [6, 6.07) is 2.03. The van der Waals surface area contributed by atoms with Gasteiger partial charge in [-0.15, -0.1) is 0 Å². The Labute approximate surface area is 110 Å². The van der Waals surface area contributed by atoms with Gasteiger partial charge in [-0.3, -0.25) is 4.68 Å². The fraction of sp³-hybridized carbons (Fsp3) is 0.786. The van der Waals surface area contributed by atoms with E-state index in [1.807, 2.05) is 31.5 Å². The van der Waals surface area contributed by atoms with Crippen molar-refractivity contribution in [3.63, 3.8) is 0 Å². The molecule has 1 aromatic rings. The molecule has 18 heavy (non-hydrogen) atoms. The van der Waals surface area contributed by atoms with Crippen LogP contribution in [-0.4, -0.2) is 31.7 Å². The van der Waals surface area contributed by atoms with Crippen LogP contribution in [0, 0.1) is 0 Å². The third-order valence-corrected chi connectivity index (χ3v) is 3.82. The Morgan fingerprint density at radius 3 is 2.33 bits per heavy atom. The van der Waals surface area contributed by atoms with Crippen molar-refractivity contribution in [2.75, 3.05) is 0 Å². The second-order valence-electron chi connectivity index (χ2n) is 4.83. The van der Waals surface area contributed by atoms with Gasteiger partial charge in [0.05, 0.1) is 17.4 Å². The highest BCUT2D eigenvalue weighted by Crippen LogP contribution is 2.23. The van der Waals surface area contributed by atoms with E-state index in [0.717, 1.165) is 24.4 Å². The largest absolute Gasteiger partial charge is 0.390 e. The maximum Gasteiger partial charge on any atom is 0.0904 e. The summed E-state index contributed by atoms with van der Waals surface area (Å²) in [7, 11) is 0. The normalized spacial score (nSPS) is 13.9. The molecule has 0 aliphatic rings. The molecular weight excluding hydrogens is 228 g/mol. The van der Waals surface area contributed by atoms with Crippen molar-refractivity contribution >= 4 is 0 Å². The van der Waals surface area contributed by atoms with E-state index in [0.29, 0.717) is 19.3 Å². The predicted octanol–water partition coefficient (Wildman–Crippen LogP) is 1.92. The SMILES string of the molecule is CCc1cc(CC(O)C(O)(CC)CC)n(CC)n1. The smallest absolute Gasteiger partial charge is 0.0904 e. The number of aryl methyl sites for hydroxylation is 2. The maximum atomic E-state index is 10.3. The van der Waals surface area contributed by atoms with Crippen LogP contribution in [0.5, 0.6) is 0 Å². The van der Waals surface area contributed by atoms with E-state index in [2.05, 4.69) is 12.0 Å². The first-order valence-corrected chi connectivity index (χ1v) is 6.96. The van der Waals surface area contributed by atoms with Gasteiger partial charge in [0.2, 0.25) is 0 Å². The van der Waals surface area contributed by atoms with Gasteiger partial charge in [0, 0.05) is 18.7 Å². The predicted molar refractivity (Wildman–Crippen MR) is 72.5 cm³/mol. The number of aliphatic hydroxyl groups excluding tert-OH is 1.